The Morgan fingerprint density at radius 3 is 2.89 bits per heavy atom. The molecule has 4 N–H and O–H groups in total. The molecule has 1 aliphatic rings. The molecule has 0 fully saturated rings. The highest BCUT2D eigenvalue weighted by molar-refractivity contribution is 6.10. The molecule has 0 radical (unpaired) electrons. The number of aromatic carboxylic acids is 1. The van der Waals surface area contributed by atoms with Crippen molar-refractivity contribution < 1.29 is 14.7 Å². The van der Waals surface area contributed by atoms with Gasteiger partial charge in [-0.2, -0.15) is 15.3 Å². The van der Waals surface area contributed by atoms with E-state index in [0.29, 0.717) is 5.69 Å². The minimum absolute atomic E-state index is 0.0261. The first-order valence-electron chi connectivity index (χ1n) is 4.95. The SMILES string of the molecule is NC1=NNC(=O)C1N=Nc1cccc(C(=O)O)c1. The third-order valence-electron chi connectivity index (χ3n) is 2.21. The molecule has 8 heteroatoms. The van der Waals surface area contributed by atoms with Gasteiger partial charge in [-0.05, 0) is 18.2 Å². The molecule has 1 aromatic carbocycles. The first kappa shape index (κ1) is 11.7. The lowest BCUT2D eigenvalue weighted by Crippen LogP contribution is -2.31. The molecule has 0 saturated heterocycles. The van der Waals surface area contributed by atoms with E-state index in [-0.39, 0.29) is 11.4 Å². The number of nitrogens with two attached hydrogens (primary N) is 1. The van der Waals surface area contributed by atoms with Crippen LogP contribution >= 0.6 is 0 Å². The second-order valence-electron chi connectivity index (χ2n) is 3.49. The van der Waals surface area contributed by atoms with E-state index in [4.69, 9.17) is 10.8 Å². The minimum atomic E-state index is -1.06. The Kier molecular flexibility index (Phi) is 3.00. The zero-order valence-electron chi connectivity index (χ0n) is 9.07. The zero-order valence-corrected chi connectivity index (χ0v) is 9.07. The van der Waals surface area contributed by atoms with Crippen molar-refractivity contribution in [3.63, 3.8) is 0 Å². The number of carbonyl (C=O) groups excluding carboxylic acids is 1. The maximum Gasteiger partial charge on any atom is 0.335 e. The van der Waals surface area contributed by atoms with E-state index in [1.165, 1.54) is 18.2 Å². The number of benzene rings is 1. The molecule has 1 aromatic rings. The Morgan fingerprint density at radius 1 is 1.50 bits per heavy atom. The fourth-order valence-electron chi connectivity index (χ4n) is 1.31. The van der Waals surface area contributed by atoms with Crippen molar-refractivity contribution in [2.45, 2.75) is 6.04 Å². The van der Waals surface area contributed by atoms with Crippen LogP contribution in [0.5, 0.6) is 0 Å². The van der Waals surface area contributed by atoms with Gasteiger partial charge in [0.1, 0.15) is 0 Å². The van der Waals surface area contributed by atoms with E-state index >= 15 is 0 Å². The second kappa shape index (κ2) is 4.62. The highest BCUT2D eigenvalue weighted by atomic mass is 16.4. The molecule has 0 bridgehead atoms. The number of carboxylic acid groups (broad SMARTS) is 1. The number of rotatable bonds is 3. The number of hydrogen-bond donors (Lipinski definition) is 3. The van der Waals surface area contributed by atoms with Crippen molar-refractivity contribution >= 4 is 23.4 Å². The fourth-order valence-corrected chi connectivity index (χ4v) is 1.31. The predicted molar refractivity (Wildman–Crippen MR) is 61.5 cm³/mol. The summed E-state index contributed by atoms with van der Waals surface area (Å²) < 4.78 is 0. The summed E-state index contributed by atoms with van der Waals surface area (Å²) in [6, 6.07) is 4.91. The number of hydrazone groups is 1. The summed E-state index contributed by atoms with van der Waals surface area (Å²) in [7, 11) is 0. The summed E-state index contributed by atoms with van der Waals surface area (Å²) in [5, 5.41) is 19.8. The number of carboxylic acids is 1. The smallest absolute Gasteiger partial charge is 0.335 e. The maximum atomic E-state index is 11.2. The van der Waals surface area contributed by atoms with Gasteiger partial charge >= 0.3 is 5.97 Å². The molecule has 92 valence electrons. The molecule has 1 atom stereocenters. The van der Waals surface area contributed by atoms with Crippen LogP contribution < -0.4 is 11.2 Å². The van der Waals surface area contributed by atoms with Gasteiger partial charge in [0.2, 0.25) is 6.04 Å². The molecular formula is C10H9N5O3. The average Bonchev–Trinajstić information content (AvgIpc) is 2.67. The molecule has 1 amide bonds. The average molecular weight is 247 g/mol. The van der Waals surface area contributed by atoms with Gasteiger partial charge in [0.25, 0.3) is 5.91 Å². The number of nitrogens with one attached hydrogen (secondary N) is 1. The summed E-state index contributed by atoms with van der Waals surface area (Å²) >= 11 is 0. The number of nitrogens with zero attached hydrogens (tertiary/aromatic N) is 3. The van der Waals surface area contributed by atoms with Crippen LogP contribution in [0.2, 0.25) is 0 Å². The van der Waals surface area contributed by atoms with Crippen LogP contribution in [-0.4, -0.2) is 28.9 Å². The molecule has 0 aliphatic carbocycles. The van der Waals surface area contributed by atoms with Crippen LogP contribution in [0, 0.1) is 0 Å². The van der Waals surface area contributed by atoms with Crippen LogP contribution in [0.1, 0.15) is 10.4 Å². The monoisotopic (exact) mass is 247 g/mol. The maximum absolute atomic E-state index is 11.2. The van der Waals surface area contributed by atoms with E-state index in [0.717, 1.165) is 0 Å². The second-order valence-corrected chi connectivity index (χ2v) is 3.49. The van der Waals surface area contributed by atoms with Gasteiger partial charge in [0, 0.05) is 0 Å². The lowest BCUT2D eigenvalue weighted by atomic mass is 10.2. The Labute approximate surface area is 101 Å². The number of azo groups is 1. The first-order valence-corrected chi connectivity index (χ1v) is 4.95. The molecular weight excluding hydrogens is 238 g/mol. The number of amides is 1. The van der Waals surface area contributed by atoms with E-state index < -0.39 is 17.9 Å². The third kappa shape index (κ3) is 2.32. The van der Waals surface area contributed by atoms with Gasteiger partial charge in [0.05, 0.1) is 11.3 Å². The van der Waals surface area contributed by atoms with Gasteiger partial charge in [-0.3, -0.25) is 4.79 Å². The van der Waals surface area contributed by atoms with Crippen molar-refractivity contribution in [3.05, 3.63) is 29.8 Å². The summed E-state index contributed by atoms with van der Waals surface area (Å²) in [6.07, 6.45) is 0. The van der Waals surface area contributed by atoms with Gasteiger partial charge in [-0.1, -0.05) is 6.07 Å². The van der Waals surface area contributed by atoms with Crippen molar-refractivity contribution in [2.24, 2.45) is 21.1 Å². The molecule has 1 aliphatic heterocycles. The topological polar surface area (TPSA) is 129 Å². The van der Waals surface area contributed by atoms with Crippen LogP contribution in [0.3, 0.4) is 0 Å². The van der Waals surface area contributed by atoms with Gasteiger partial charge < -0.3 is 10.8 Å². The predicted octanol–water partition coefficient (Wildman–Crippen LogP) is 0.239. The van der Waals surface area contributed by atoms with E-state index in [1.54, 1.807) is 6.07 Å². The Balaban J connectivity index is 2.19. The summed E-state index contributed by atoms with van der Waals surface area (Å²) in [6.45, 7) is 0. The van der Waals surface area contributed by atoms with Crippen molar-refractivity contribution in [1.82, 2.24) is 5.43 Å². The van der Waals surface area contributed by atoms with Crippen LogP contribution in [0.4, 0.5) is 5.69 Å². The zero-order chi connectivity index (χ0) is 13.1. The molecule has 2 rings (SSSR count). The molecule has 8 nitrogen and oxygen atoms in total. The number of carbonyl (C=O) groups is 2. The van der Waals surface area contributed by atoms with Crippen molar-refractivity contribution in [2.75, 3.05) is 0 Å². The Bertz CT molecular complexity index is 566. The van der Waals surface area contributed by atoms with Gasteiger partial charge in [-0.25, -0.2) is 10.2 Å². The molecule has 0 spiro atoms. The first-order chi connectivity index (χ1) is 8.58. The van der Waals surface area contributed by atoms with Gasteiger partial charge in [-0.15, -0.1) is 0 Å². The number of hydrogen-bond acceptors (Lipinski definition) is 6. The van der Waals surface area contributed by atoms with E-state index in [2.05, 4.69) is 20.8 Å². The van der Waals surface area contributed by atoms with Crippen molar-refractivity contribution in [1.29, 1.82) is 0 Å². The summed E-state index contributed by atoms with van der Waals surface area (Å²) in [5.41, 5.74) is 8.00. The van der Waals surface area contributed by atoms with E-state index in [9.17, 15) is 9.59 Å². The largest absolute Gasteiger partial charge is 0.478 e. The van der Waals surface area contributed by atoms with Crippen LogP contribution in [-0.2, 0) is 4.79 Å². The van der Waals surface area contributed by atoms with Crippen LogP contribution in [0.15, 0.2) is 39.6 Å². The highest BCUT2D eigenvalue weighted by Crippen LogP contribution is 2.15. The lowest BCUT2D eigenvalue weighted by molar-refractivity contribution is -0.120. The standard InChI is InChI=1S/C10H9N5O3/c11-8-7(9(16)15-14-8)13-12-6-3-1-2-5(4-6)10(17)18/h1-4,7H,(H2,11,14)(H,15,16)(H,17,18). The molecule has 1 heterocycles. The summed E-state index contributed by atoms with van der Waals surface area (Å²) in [4.78, 5) is 22.0. The Morgan fingerprint density at radius 2 is 2.28 bits per heavy atom. The minimum Gasteiger partial charge on any atom is -0.478 e. The lowest BCUT2D eigenvalue weighted by Gasteiger charge is -1.99. The summed E-state index contributed by atoms with van der Waals surface area (Å²) in [5.74, 6) is -1.50. The number of amidine groups is 1. The third-order valence-corrected chi connectivity index (χ3v) is 2.21. The van der Waals surface area contributed by atoms with Gasteiger partial charge in [0.15, 0.2) is 5.84 Å². The Hall–Kier alpha value is -2.77. The molecule has 1 unspecified atom stereocenters. The fraction of sp³-hybridized carbons (Fsp3) is 0.100. The molecule has 0 saturated carbocycles. The quantitative estimate of drug-likeness (QED) is 0.660. The highest BCUT2D eigenvalue weighted by Gasteiger charge is 2.27. The van der Waals surface area contributed by atoms with E-state index in [1.807, 2.05) is 0 Å². The van der Waals surface area contributed by atoms with Crippen LogP contribution in [0.25, 0.3) is 0 Å². The molecule has 18 heavy (non-hydrogen) atoms. The molecule has 0 aromatic heterocycles. The normalized spacial score (nSPS) is 18.8. The van der Waals surface area contributed by atoms with Crippen molar-refractivity contribution in [3.8, 4) is 0 Å².